The molecule has 1 saturated heterocycles. The Hall–Kier alpha value is -3.34. The van der Waals surface area contributed by atoms with E-state index in [-0.39, 0.29) is 0 Å². The summed E-state index contributed by atoms with van der Waals surface area (Å²) in [5, 5.41) is 0. The van der Waals surface area contributed by atoms with Crippen molar-refractivity contribution in [3.8, 4) is 0 Å². The first kappa shape index (κ1) is 23.4. The molecule has 9 nitrogen and oxygen atoms in total. The summed E-state index contributed by atoms with van der Waals surface area (Å²) in [6.45, 7) is 7.02. The lowest BCUT2D eigenvalue weighted by Crippen LogP contribution is -2.36. The lowest BCUT2D eigenvalue weighted by Gasteiger charge is -2.28. The highest BCUT2D eigenvalue weighted by atomic mass is 32.2. The molecule has 0 amide bonds. The Bertz CT molecular complexity index is 1400. The Morgan fingerprint density at radius 2 is 1.74 bits per heavy atom. The predicted molar refractivity (Wildman–Crippen MR) is 138 cm³/mol. The van der Waals surface area contributed by atoms with Crippen molar-refractivity contribution < 1.29 is 4.74 Å². The lowest BCUT2D eigenvalue weighted by molar-refractivity contribution is 0.122. The van der Waals surface area contributed by atoms with Crippen LogP contribution in [0.1, 0.15) is 18.1 Å². The number of imidazole rings is 1. The van der Waals surface area contributed by atoms with Gasteiger partial charge in [-0.1, -0.05) is 24.3 Å². The molecular formula is C25H28N6O3S. The number of fused-ring (bicyclic) bond motifs is 1. The van der Waals surface area contributed by atoms with Gasteiger partial charge < -0.3 is 14.2 Å². The molecule has 4 aromatic rings. The number of ether oxygens (including phenoxy) is 1. The second kappa shape index (κ2) is 10.5. The molecule has 0 radical (unpaired) electrons. The third kappa shape index (κ3) is 5.19. The van der Waals surface area contributed by atoms with Crippen LogP contribution in [0.15, 0.2) is 69.3 Å². The van der Waals surface area contributed by atoms with Crippen LogP contribution in [0, 0.1) is 0 Å². The molecule has 0 saturated carbocycles. The minimum absolute atomic E-state index is 0.338. The van der Waals surface area contributed by atoms with Crippen molar-refractivity contribution in [2.45, 2.75) is 31.5 Å². The minimum Gasteiger partial charge on any atom is -0.378 e. The summed E-state index contributed by atoms with van der Waals surface area (Å²) in [4.78, 5) is 34.9. The fourth-order valence-electron chi connectivity index (χ4n) is 4.20. The normalized spacial score (nSPS) is 14.0. The number of H-pyrrole nitrogens is 1. The Labute approximate surface area is 206 Å². The summed E-state index contributed by atoms with van der Waals surface area (Å²) in [5.41, 5.74) is 3.29. The van der Waals surface area contributed by atoms with Gasteiger partial charge in [0.25, 0.3) is 5.56 Å². The average Bonchev–Trinajstić information content (AvgIpc) is 3.33. The number of hydrogen-bond donors (Lipinski definition) is 2. The molecule has 0 atom stereocenters. The molecule has 1 fully saturated rings. The monoisotopic (exact) mass is 492 g/mol. The zero-order valence-corrected chi connectivity index (χ0v) is 20.4. The van der Waals surface area contributed by atoms with Crippen molar-refractivity contribution >= 4 is 28.8 Å². The number of benzene rings is 2. The molecule has 5 rings (SSSR count). The van der Waals surface area contributed by atoms with Crippen LogP contribution in [0.25, 0.3) is 11.2 Å². The summed E-state index contributed by atoms with van der Waals surface area (Å²) >= 11 is 1.60. The van der Waals surface area contributed by atoms with Gasteiger partial charge in [-0.2, -0.15) is 0 Å². The maximum absolute atomic E-state index is 12.4. The molecule has 35 heavy (non-hydrogen) atoms. The summed E-state index contributed by atoms with van der Waals surface area (Å²) in [7, 11) is 0. The third-order valence-electron chi connectivity index (χ3n) is 6.14. The highest BCUT2D eigenvalue weighted by Gasteiger charge is 2.13. The second-order valence-corrected chi connectivity index (χ2v) is 9.35. The number of hydrogen-bond acceptors (Lipinski definition) is 7. The van der Waals surface area contributed by atoms with Gasteiger partial charge in [-0.3, -0.25) is 19.1 Å². The molecule has 2 N–H and O–H groups in total. The van der Waals surface area contributed by atoms with Crippen molar-refractivity contribution in [3.63, 3.8) is 0 Å². The summed E-state index contributed by atoms with van der Waals surface area (Å²) in [5.74, 6) is 0. The molecule has 0 bridgehead atoms. The molecule has 2 aromatic carbocycles. The highest BCUT2D eigenvalue weighted by molar-refractivity contribution is 7.97. The molecular weight excluding hydrogens is 464 g/mol. The zero-order chi connectivity index (χ0) is 24.2. The van der Waals surface area contributed by atoms with Gasteiger partial charge in [0.2, 0.25) is 0 Å². The highest BCUT2D eigenvalue weighted by Crippen LogP contribution is 2.22. The van der Waals surface area contributed by atoms with Gasteiger partial charge in [0.15, 0.2) is 11.2 Å². The second-order valence-electron chi connectivity index (χ2n) is 8.38. The third-order valence-corrected chi connectivity index (χ3v) is 6.93. The maximum Gasteiger partial charge on any atom is 0.330 e. The smallest absolute Gasteiger partial charge is 0.330 e. The number of aromatic nitrogens is 4. The van der Waals surface area contributed by atoms with E-state index in [1.165, 1.54) is 10.3 Å². The van der Waals surface area contributed by atoms with Gasteiger partial charge in [0.1, 0.15) is 0 Å². The minimum atomic E-state index is -0.453. The van der Waals surface area contributed by atoms with Crippen LogP contribution < -0.4 is 20.9 Å². The SMILES string of the molecule is CCn1cnc2c1c(=O)[nH]c(=O)n2Cc1ccc(CNSc2ccc(N3CCOCC3)cc2)cc1. The zero-order valence-electron chi connectivity index (χ0n) is 19.6. The molecule has 3 heterocycles. The van der Waals surface area contributed by atoms with E-state index in [4.69, 9.17) is 4.74 Å². The van der Waals surface area contributed by atoms with Crippen molar-refractivity contribution in [1.29, 1.82) is 0 Å². The van der Waals surface area contributed by atoms with Crippen LogP contribution in [0.4, 0.5) is 5.69 Å². The van der Waals surface area contributed by atoms with Gasteiger partial charge in [-0.15, -0.1) is 0 Å². The summed E-state index contributed by atoms with van der Waals surface area (Å²) < 4.78 is 12.1. The van der Waals surface area contributed by atoms with E-state index in [1.807, 2.05) is 31.2 Å². The first-order valence-electron chi connectivity index (χ1n) is 11.7. The van der Waals surface area contributed by atoms with Gasteiger partial charge in [-0.05, 0) is 54.3 Å². The molecule has 10 heteroatoms. The average molecular weight is 493 g/mol. The predicted octanol–water partition coefficient (Wildman–Crippen LogP) is 2.59. The molecule has 182 valence electrons. The maximum atomic E-state index is 12.4. The Balaban J connectivity index is 1.19. The molecule has 2 aromatic heterocycles. The Kier molecular flexibility index (Phi) is 7.03. The molecule has 0 aliphatic carbocycles. The largest absolute Gasteiger partial charge is 0.378 e. The number of aromatic amines is 1. The van der Waals surface area contributed by atoms with Crippen LogP contribution in [-0.4, -0.2) is 45.4 Å². The van der Waals surface area contributed by atoms with Crippen molar-refractivity contribution in [3.05, 3.63) is 86.8 Å². The van der Waals surface area contributed by atoms with E-state index in [2.05, 4.69) is 43.9 Å². The molecule has 0 unspecified atom stereocenters. The fourth-order valence-corrected chi connectivity index (χ4v) is 4.88. The van der Waals surface area contributed by atoms with E-state index in [0.717, 1.165) is 42.3 Å². The quantitative estimate of drug-likeness (QED) is 0.365. The number of nitrogens with one attached hydrogen (secondary N) is 2. The Morgan fingerprint density at radius 1 is 1.03 bits per heavy atom. The number of aryl methyl sites for hydroxylation is 1. The first-order chi connectivity index (χ1) is 17.1. The number of anilines is 1. The van der Waals surface area contributed by atoms with E-state index < -0.39 is 11.2 Å². The van der Waals surface area contributed by atoms with Gasteiger partial charge >= 0.3 is 5.69 Å². The first-order valence-corrected chi connectivity index (χ1v) is 12.5. The van der Waals surface area contributed by atoms with E-state index in [0.29, 0.717) is 30.8 Å². The van der Waals surface area contributed by atoms with Crippen molar-refractivity contribution in [1.82, 2.24) is 23.8 Å². The van der Waals surface area contributed by atoms with Crippen LogP contribution in [0.2, 0.25) is 0 Å². The topological polar surface area (TPSA) is 97.2 Å². The van der Waals surface area contributed by atoms with Gasteiger partial charge in [0, 0.05) is 36.8 Å². The van der Waals surface area contributed by atoms with Crippen molar-refractivity contribution in [2.75, 3.05) is 31.2 Å². The van der Waals surface area contributed by atoms with Crippen LogP contribution in [0.3, 0.4) is 0 Å². The number of rotatable bonds is 8. The standard InChI is InChI=1S/C25H28N6O3S/c1-2-29-17-26-23-22(29)24(32)28-25(33)31(23)16-19-5-3-18(4-6-19)15-27-35-21-9-7-20(8-10-21)30-11-13-34-14-12-30/h3-10,17,27H,2,11-16H2,1H3,(H,28,32,33). The Morgan fingerprint density at radius 3 is 2.46 bits per heavy atom. The molecule has 1 aliphatic heterocycles. The van der Waals surface area contributed by atoms with E-state index >= 15 is 0 Å². The summed E-state index contributed by atoms with van der Waals surface area (Å²) in [6.07, 6.45) is 1.60. The molecule has 0 spiro atoms. The van der Waals surface area contributed by atoms with Crippen LogP contribution in [0.5, 0.6) is 0 Å². The summed E-state index contributed by atoms with van der Waals surface area (Å²) in [6, 6.07) is 16.7. The van der Waals surface area contributed by atoms with E-state index in [9.17, 15) is 9.59 Å². The fraction of sp³-hybridized carbons (Fsp3) is 0.320. The number of morpholine rings is 1. The lowest BCUT2D eigenvalue weighted by atomic mass is 10.1. The van der Waals surface area contributed by atoms with Gasteiger partial charge in [-0.25, -0.2) is 9.78 Å². The van der Waals surface area contributed by atoms with Crippen LogP contribution >= 0.6 is 11.9 Å². The van der Waals surface area contributed by atoms with Crippen LogP contribution in [-0.2, 0) is 24.4 Å². The van der Waals surface area contributed by atoms with Crippen molar-refractivity contribution in [2.24, 2.45) is 0 Å². The molecule has 1 aliphatic rings. The number of nitrogens with zero attached hydrogens (tertiary/aromatic N) is 4. The van der Waals surface area contributed by atoms with Gasteiger partial charge in [0.05, 0.1) is 26.1 Å². The van der Waals surface area contributed by atoms with E-state index in [1.54, 1.807) is 22.8 Å².